The third-order valence-corrected chi connectivity index (χ3v) is 3.70. The Morgan fingerprint density at radius 3 is 2.76 bits per heavy atom. The van der Waals surface area contributed by atoms with E-state index in [4.69, 9.17) is 14.6 Å². The predicted octanol–water partition coefficient (Wildman–Crippen LogP) is 1.68. The van der Waals surface area contributed by atoms with Crippen LogP contribution in [0.4, 0.5) is 0 Å². The van der Waals surface area contributed by atoms with Crippen LogP contribution in [0.25, 0.3) is 11.4 Å². The van der Waals surface area contributed by atoms with Gasteiger partial charge in [-0.2, -0.15) is 5.10 Å². The molecule has 1 aromatic heterocycles. The Morgan fingerprint density at radius 2 is 2.14 bits per heavy atom. The zero-order valence-corrected chi connectivity index (χ0v) is 12.7. The molecule has 21 heavy (non-hydrogen) atoms. The fourth-order valence-electron chi connectivity index (χ4n) is 1.80. The lowest BCUT2D eigenvalue weighted by Crippen LogP contribution is -2.00. The molecule has 0 atom stereocenters. The Balaban J connectivity index is 2.39. The SMILES string of the molecule is COc1cccc(-c2nc(SCC(=O)O)n(C)n2)c1OC. The van der Waals surface area contributed by atoms with Gasteiger partial charge in [-0.1, -0.05) is 17.8 Å². The number of aliphatic carboxylic acids is 1. The van der Waals surface area contributed by atoms with Crippen molar-refractivity contribution in [3.05, 3.63) is 18.2 Å². The molecule has 1 aromatic carbocycles. The second kappa shape index (κ2) is 6.49. The lowest BCUT2D eigenvalue weighted by atomic mass is 10.2. The highest BCUT2D eigenvalue weighted by Crippen LogP contribution is 2.36. The summed E-state index contributed by atoms with van der Waals surface area (Å²) < 4.78 is 12.1. The average Bonchev–Trinajstić information content (AvgIpc) is 2.85. The lowest BCUT2D eigenvalue weighted by molar-refractivity contribution is -0.133. The Morgan fingerprint density at radius 1 is 1.38 bits per heavy atom. The maximum atomic E-state index is 10.6. The van der Waals surface area contributed by atoms with Gasteiger partial charge in [-0.15, -0.1) is 0 Å². The topological polar surface area (TPSA) is 86.5 Å². The molecule has 7 nitrogen and oxygen atoms in total. The third-order valence-electron chi connectivity index (χ3n) is 2.69. The van der Waals surface area contributed by atoms with Gasteiger partial charge in [0.25, 0.3) is 0 Å². The Kier molecular flexibility index (Phi) is 4.69. The van der Waals surface area contributed by atoms with E-state index in [0.717, 1.165) is 11.8 Å². The van der Waals surface area contributed by atoms with E-state index in [9.17, 15) is 4.79 Å². The van der Waals surface area contributed by atoms with Gasteiger partial charge >= 0.3 is 5.97 Å². The van der Waals surface area contributed by atoms with Crippen molar-refractivity contribution in [1.82, 2.24) is 14.8 Å². The van der Waals surface area contributed by atoms with Gasteiger partial charge in [0.1, 0.15) is 0 Å². The van der Waals surface area contributed by atoms with Crippen molar-refractivity contribution in [2.45, 2.75) is 5.16 Å². The summed E-state index contributed by atoms with van der Waals surface area (Å²) in [5, 5.41) is 13.5. The van der Waals surface area contributed by atoms with Gasteiger partial charge in [0.15, 0.2) is 22.5 Å². The molecule has 0 aliphatic heterocycles. The van der Waals surface area contributed by atoms with E-state index >= 15 is 0 Å². The first kappa shape index (κ1) is 15.2. The molecule has 112 valence electrons. The smallest absolute Gasteiger partial charge is 0.313 e. The normalized spacial score (nSPS) is 10.4. The summed E-state index contributed by atoms with van der Waals surface area (Å²) in [6, 6.07) is 5.42. The maximum absolute atomic E-state index is 10.6. The molecule has 2 rings (SSSR count). The van der Waals surface area contributed by atoms with Gasteiger partial charge in [-0.25, -0.2) is 9.67 Å². The molecule has 0 amide bonds. The molecule has 0 bridgehead atoms. The maximum Gasteiger partial charge on any atom is 0.313 e. The molecule has 1 heterocycles. The lowest BCUT2D eigenvalue weighted by Gasteiger charge is -2.10. The Bertz CT molecular complexity index is 657. The molecule has 0 radical (unpaired) electrons. The summed E-state index contributed by atoms with van der Waals surface area (Å²) in [6.07, 6.45) is 0. The number of aromatic nitrogens is 3. The summed E-state index contributed by atoms with van der Waals surface area (Å²) >= 11 is 1.11. The number of thioether (sulfide) groups is 1. The van der Waals surface area contributed by atoms with E-state index in [2.05, 4.69) is 10.1 Å². The average molecular weight is 309 g/mol. The first-order valence-corrected chi connectivity index (χ1v) is 7.02. The van der Waals surface area contributed by atoms with E-state index in [1.54, 1.807) is 32.0 Å². The van der Waals surface area contributed by atoms with Crippen LogP contribution in [0.1, 0.15) is 0 Å². The highest BCUT2D eigenvalue weighted by atomic mass is 32.2. The second-order valence-electron chi connectivity index (χ2n) is 4.07. The van der Waals surface area contributed by atoms with Crippen LogP contribution in [0, 0.1) is 0 Å². The summed E-state index contributed by atoms with van der Waals surface area (Å²) in [6.45, 7) is 0. The van der Waals surface area contributed by atoms with Crippen LogP contribution in [0.2, 0.25) is 0 Å². The van der Waals surface area contributed by atoms with Crippen molar-refractivity contribution in [2.24, 2.45) is 7.05 Å². The highest BCUT2D eigenvalue weighted by molar-refractivity contribution is 7.99. The van der Waals surface area contributed by atoms with Crippen molar-refractivity contribution in [2.75, 3.05) is 20.0 Å². The van der Waals surface area contributed by atoms with Crippen molar-refractivity contribution in [1.29, 1.82) is 0 Å². The van der Waals surface area contributed by atoms with Crippen LogP contribution in [0.15, 0.2) is 23.4 Å². The number of hydrogen-bond donors (Lipinski definition) is 1. The van der Waals surface area contributed by atoms with Crippen LogP contribution in [-0.2, 0) is 11.8 Å². The monoisotopic (exact) mass is 309 g/mol. The van der Waals surface area contributed by atoms with Crippen LogP contribution in [-0.4, -0.2) is 45.8 Å². The third kappa shape index (κ3) is 3.27. The minimum atomic E-state index is -0.900. The summed E-state index contributed by atoms with van der Waals surface area (Å²) in [7, 11) is 4.82. The van der Waals surface area contributed by atoms with Crippen LogP contribution >= 0.6 is 11.8 Å². The molecule has 0 saturated carbocycles. The number of nitrogens with zero attached hydrogens (tertiary/aromatic N) is 3. The Labute approximate surface area is 125 Å². The molecular weight excluding hydrogens is 294 g/mol. The number of carbonyl (C=O) groups is 1. The van der Waals surface area contributed by atoms with Crippen molar-refractivity contribution in [3.8, 4) is 22.9 Å². The second-order valence-corrected chi connectivity index (χ2v) is 5.01. The minimum Gasteiger partial charge on any atom is -0.493 e. The van der Waals surface area contributed by atoms with Gasteiger partial charge in [-0.05, 0) is 12.1 Å². The Hall–Kier alpha value is -2.22. The fourth-order valence-corrected chi connectivity index (χ4v) is 2.43. The fraction of sp³-hybridized carbons (Fsp3) is 0.308. The van der Waals surface area contributed by atoms with E-state index in [1.165, 1.54) is 0 Å². The van der Waals surface area contributed by atoms with Crippen molar-refractivity contribution in [3.63, 3.8) is 0 Å². The quantitative estimate of drug-likeness (QED) is 0.812. The van der Waals surface area contributed by atoms with Gasteiger partial charge in [0.05, 0.1) is 25.5 Å². The summed E-state index contributed by atoms with van der Waals surface area (Å²) in [5.74, 6) is 0.619. The molecule has 0 aliphatic rings. The predicted molar refractivity (Wildman–Crippen MR) is 77.9 cm³/mol. The van der Waals surface area contributed by atoms with Gasteiger partial charge in [-0.3, -0.25) is 4.79 Å². The van der Waals surface area contributed by atoms with Crippen LogP contribution in [0.3, 0.4) is 0 Å². The first-order chi connectivity index (χ1) is 10.1. The van der Waals surface area contributed by atoms with Crippen molar-refractivity contribution >= 4 is 17.7 Å². The molecule has 1 N–H and O–H groups in total. The molecule has 0 fully saturated rings. The number of hydrogen-bond acceptors (Lipinski definition) is 6. The number of benzene rings is 1. The van der Waals surface area contributed by atoms with Gasteiger partial charge < -0.3 is 14.6 Å². The van der Waals surface area contributed by atoms with Crippen molar-refractivity contribution < 1.29 is 19.4 Å². The van der Waals surface area contributed by atoms with E-state index in [0.29, 0.717) is 28.0 Å². The summed E-state index contributed by atoms with van der Waals surface area (Å²) in [4.78, 5) is 15.0. The molecule has 8 heteroatoms. The molecule has 0 unspecified atom stereocenters. The zero-order valence-electron chi connectivity index (χ0n) is 11.9. The highest BCUT2D eigenvalue weighted by Gasteiger charge is 2.17. The number of methoxy groups -OCH3 is 2. The molecule has 0 saturated heterocycles. The standard InChI is InChI=1S/C13H15N3O4S/c1-16-13(21-7-10(17)18)14-12(15-16)8-5-4-6-9(19-2)11(8)20-3/h4-6H,7H2,1-3H3,(H,17,18). The molecule has 2 aromatic rings. The van der Waals surface area contributed by atoms with Gasteiger partial charge in [0, 0.05) is 7.05 Å². The minimum absolute atomic E-state index is 0.0682. The number of rotatable bonds is 6. The van der Waals surface area contributed by atoms with E-state index < -0.39 is 5.97 Å². The number of carboxylic acid groups (broad SMARTS) is 1. The summed E-state index contributed by atoms with van der Waals surface area (Å²) in [5.41, 5.74) is 0.689. The largest absolute Gasteiger partial charge is 0.493 e. The van der Waals surface area contributed by atoms with Crippen LogP contribution < -0.4 is 9.47 Å². The first-order valence-electron chi connectivity index (χ1n) is 6.03. The zero-order chi connectivity index (χ0) is 15.4. The molecular formula is C13H15N3O4S. The molecule has 0 aliphatic carbocycles. The number of carboxylic acids is 1. The number of ether oxygens (including phenoxy) is 2. The van der Waals surface area contributed by atoms with E-state index in [1.807, 2.05) is 12.1 Å². The van der Waals surface area contributed by atoms with E-state index in [-0.39, 0.29) is 5.75 Å². The molecule has 0 spiro atoms. The number of aryl methyl sites for hydroxylation is 1. The van der Waals surface area contributed by atoms with Gasteiger partial charge in [0.2, 0.25) is 0 Å². The van der Waals surface area contributed by atoms with Crippen LogP contribution in [0.5, 0.6) is 11.5 Å². The number of para-hydroxylation sites is 1.